The molecule has 6 heteroatoms. The van der Waals surface area contributed by atoms with Crippen molar-refractivity contribution in [3.05, 3.63) is 0 Å². The molecule has 0 radical (unpaired) electrons. The molecule has 6 nitrogen and oxygen atoms in total. The van der Waals surface area contributed by atoms with Crippen LogP contribution in [-0.2, 0) is 19.1 Å². The molecule has 0 bridgehead atoms. The molecule has 19 heavy (non-hydrogen) atoms. The molecular formula is C13H28N2O4+2. The third-order valence-electron chi connectivity index (χ3n) is 2.58. The number of quaternary nitrogens is 2. The first-order valence-corrected chi connectivity index (χ1v) is 6.73. The number of hydrogen-bond donors (Lipinski definition) is 2. The molecule has 0 saturated carbocycles. The Morgan fingerprint density at radius 3 is 1.42 bits per heavy atom. The van der Waals surface area contributed by atoms with E-state index in [2.05, 4.69) is 11.5 Å². The van der Waals surface area contributed by atoms with Gasteiger partial charge in [0.15, 0.2) is 12.1 Å². The van der Waals surface area contributed by atoms with Crippen molar-refractivity contribution in [2.45, 2.75) is 52.6 Å². The van der Waals surface area contributed by atoms with Gasteiger partial charge in [-0.1, -0.05) is 27.7 Å². The van der Waals surface area contributed by atoms with E-state index in [0.717, 1.165) is 0 Å². The third kappa shape index (κ3) is 8.56. The fourth-order valence-corrected chi connectivity index (χ4v) is 1.71. The van der Waals surface area contributed by atoms with Crippen molar-refractivity contribution < 1.29 is 30.5 Å². The van der Waals surface area contributed by atoms with Crippen LogP contribution >= 0.6 is 0 Å². The fourth-order valence-electron chi connectivity index (χ4n) is 1.71. The van der Waals surface area contributed by atoms with Crippen molar-refractivity contribution in [1.82, 2.24) is 0 Å². The third-order valence-corrected chi connectivity index (χ3v) is 2.58. The summed E-state index contributed by atoms with van der Waals surface area (Å²) in [5.41, 5.74) is 7.45. The maximum Gasteiger partial charge on any atom is 0.367 e. The highest BCUT2D eigenvalue weighted by molar-refractivity contribution is 5.75. The van der Waals surface area contributed by atoms with E-state index in [1.54, 1.807) is 0 Å². The lowest BCUT2D eigenvalue weighted by Crippen LogP contribution is -2.66. The van der Waals surface area contributed by atoms with Crippen molar-refractivity contribution in [2.75, 3.05) is 6.79 Å². The van der Waals surface area contributed by atoms with Crippen molar-refractivity contribution in [2.24, 2.45) is 11.8 Å². The summed E-state index contributed by atoms with van der Waals surface area (Å²) in [6.45, 7) is 7.66. The molecular weight excluding hydrogens is 248 g/mol. The minimum atomic E-state index is -0.439. The summed E-state index contributed by atoms with van der Waals surface area (Å²) in [6.07, 6.45) is 1.30. The zero-order chi connectivity index (χ0) is 15.0. The van der Waals surface area contributed by atoms with E-state index in [9.17, 15) is 9.59 Å². The maximum atomic E-state index is 11.5. The van der Waals surface area contributed by atoms with Crippen LogP contribution in [0.1, 0.15) is 40.5 Å². The Morgan fingerprint density at radius 1 is 0.842 bits per heavy atom. The monoisotopic (exact) mass is 276 g/mol. The van der Waals surface area contributed by atoms with Crippen LogP contribution in [0.3, 0.4) is 0 Å². The topological polar surface area (TPSA) is 108 Å². The lowest BCUT2D eigenvalue weighted by Gasteiger charge is -2.13. The molecule has 0 aromatic rings. The standard InChI is InChI=1S/C13H26N2O4/c1-8(2)5-10(14)12(16)18-7-19-13(17)11(15)6-9(3)4/h8-11H,5-7,14-15H2,1-4H3/p+2. The minimum Gasteiger partial charge on any atom is -0.423 e. The average Bonchev–Trinajstić information content (AvgIpc) is 2.26. The zero-order valence-corrected chi connectivity index (χ0v) is 12.5. The van der Waals surface area contributed by atoms with Crippen molar-refractivity contribution in [1.29, 1.82) is 0 Å². The molecule has 0 fully saturated rings. The molecule has 0 aromatic carbocycles. The molecule has 0 amide bonds. The molecule has 0 aliphatic heterocycles. The first kappa shape index (κ1) is 17.9. The van der Waals surface area contributed by atoms with Crippen LogP contribution in [-0.4, -0.2) is 30.8 Å². The largest absolute Gasteiger partial charge is 0.423 e. The van der Waals surface area contributed by atoms with Gasteiger partial charge >= 0.3 is 11.9 Å². The predicted molar refractivity (Wildman–Crippen MR) is 69.3 cm³/mol. The van der Waals surface area contributed by atoms with Crippen LogP contribution in [0.15, 0.2) is 0 Å². The fraction of sp³-hybridized carbons (Fsp3) is 0.846. The second kappa shape index (κ2) is 8.87. The van der Waals surface area contributed by atoms with Crippen molar-refractivity contribution in [3.63, 3.8) is 0 Å². The molecule has 0 spiro atoms. The second-order valence-corrected chi connectivity index (χ2v) is 5.70. The molecule has 0 aromatic heterocycles. The van der Waals surface area contributed by atoms with Crippen LogP contribution in [0, 0.1) is 11.8 Å². The van der Waals surface area contributed by atoms with Gasteiger partial charge in [-0.15, -0.1) is 0 Å². The minimum absolute atomic E-state index is 0.355. The lowest BCUT2D eigenvalue weighted by atomic mass is 10.1. The molecule has 6 N–H and O–H groups in total. The predicted octanol–water partition coefficient (Wildman–Crippen LogP) is -0.656. The number of carbonyl (C=O) groups excluding carboxylic acids is 2. The van der Waals surface area contributed by atoms with E-state index in [0.29, 0.717) is 24.7 Å². The van der Waals surface area contributed by atoms with E-state index in [1.807, 2.05) is 27.7 Å². The molecule has 0 heterocycles. The Morgan fingerprint density at radius 2 is 1.16 bits per heavy atom. The summed E-state index contributed by atoms with van der Waals surface area (Å²) in [5, 5.41) is 0. The Kier molecular flexibility index (Phi) is 8.34. The van der Waals surface area contributed by atoms with E-state index >= 15 is 0 Å². The first-order chi connectivity index (χ1) is 8.73. The van der Waals surface area contributed by atoms with Crippen LogP contribution in [0.2, 0.25) is 0 Å². The van der Waals surface area contributed by atoms with Gasteiger partial charge in [0, 0.05) is 12.8 Å². The maximum absolute atomic E-state index is 11.5. The summed E-state index contributed by atoms with van der Waals surface area (Å²) in [7, 11) is 0. The van der Waals surface area contributed by atoms with Gasteiger partial charge in [0.2, 0.25) is 6.79 Å². The quantitative estimate of drug-likeness (QED) is 0.453. The highest BCUT2D eigenvalue weighted by Gasteiger charge is 2.23. The van der Waals surface area contributed by atoms with Crippen molar-refractivity contribution >= 4 is 11.9 Å². The van der Waals surface area contributed by atoms with E-state index in [4.69, 9.17) is 9.47 Å². The Bertz CT molecular complexity index is 264. The van der Waals surface area contributed by atoms with Gasteiger partial charge in [0.25, 0.3) is 0 Å². The highest BCUT2D eigenvalue weighted by Crippen LogP contribution is 2.04. The second-order valence-electron chi connectivity index (χ2n) is 5.70. The van der Waals surface area contributed by atoms with Gasteiger partial charge < -0.3 is 20.9 Å². The highest BCUT2D eigenvalue weighted by atomic mass is 16.7. The first-order valence-electron chi connectivity index (χ1n) is 6.73. The average molecular weight is 276 g/mol. The van der Waals surface area contributed by atoms with Crippen molar-refractivity contribution in [3.8, 4) is 0 Å². The Balaban J connectivity index is 3.90. The number of hydrogen-bond acceptors (Lipinski definition) is 4. The van der Waals surface area contributed by atoms with Gasteiger partial charge in [-0.3, -0.25) is 0 Å². The molecule has 0 rings (SSSR count). The number of carbonyl (C=O) groups is 2. The van der Waals surface area contributed by atoms with Gasteiger partial charge in [0.1, 0.15) is 0 Å². The summed E-state index contributed by atoms with van der Waals surface area (Å²) in [4.78, 5) is 23.0. The normalized spacial score (nSPS) is 14.3. The van der Waals surface area contributed by atoms with Gasteiger partial charge in [-0.2, -0.15) is 0 Å². The lowest BCUT2D eigenvalue weighted by molar-refractivity contribution is -0.414. The Hall–Kier alpha value is -1.14. The smallest absolute Gasteiger partial charge is 0.367 e. The molecule has 0 aliphatic rings. The molecule has 112 valence electrons. The van der Waals surface area contributed by atoms with E-state index in [-0.39, 0.29) is 6.79 Å². The molecule has 2 unspecified atom stereocenters. The van der Waals surface area contributed by atoms with E-state index < -0.39 is 24.0 Å². The zero-order valence-electron chi connectivity index (χ0n) is 12.5. The van der Waals surface area contributed by atoms with Crippen LogP contribution in [0.4, 0.5) is 0 Å². The molecule has 0 aliphatic carbocycles. The number of esters is 2. The summed E-state index contributed by atoms with van der Waals surface area (Å²) < 4.78 is 9.72. The summed E-state index contributed by atoms with van der Waals surface area (Å²) >= 11 is 0. The number of ether oxygens (including phenoxy) is 2. The molecule has 2 atom stereocenters. The summed E-state index contributed by atoms with van der Waals surface area (Å²) in [6, 6.07) is -0.852. The Labute approximate surface area is 114 Å². The van der Waals surface area contributed by atoms with Crippen LogP contribution in [0.5, 0.6) is 0 Å². The molecule has 0 saturated heterocycles. The summed E-state index contributed by atoms with van der Waals surface area (Å²) in [5.74, 6) is -0.141. The van der Waals surface area contributed by atoms with Crippen LogP contribution in [0.25, 0.3) is 0 Å². The number of rotatable bonds is 8. The van der Waals surface area contributed by atoms with Gasteiger partial charge in [0.05, 0.1) is 0 Å². The van der Waals surface area contributed by atoms with Crippen LogP contribution < -0.4 is 11.5 Å². The van der Waals surface area contributed by atoms with Gasteiger partial charge in [-0.05, 0) is 11.8 Å². The van der Waals surface area contributed by atoms with Gasteiger partial charge in [-0.25, -0.2) is 9.59 Å². The van der Waals surface area contributed by atoms with E-state index in [1.165, 1.54) is 0 Å². The SMILES string of the molecule is CC(C)CC([NH3+])C(=O)OCOC(=O)C([NH3+])CC(C)C.